The molecule has 0 atom stereocenters. The smallest absolute Gasteiger partial charge is 0.416 e. The molecule has 2 aromatic carbocycles. The van der Waals surface area contributed by atoms with Crippen molar-refractivity contribution in [1.29, 1.82) is 0 Å². The van der Waals surface area contributed by atoms with Gasteiger partial charge in [0.2, 0.25) is 0 Å². The normalized spacial score (nSPS) is 13.3. The molecule has 0 saturated heterocycles. The molecular weight excluding hydrogens is 325 g/mol. The zero-order valence-electron chi connectivity index (χ0n) is 12.3. The maximum Gasteiger partial charge on any atom is 0.416 e. The SMILES string of the molecule is O=C(Nc1ccc(C(F)(F)F)cc1)Nc1ccc2c(c1)OCCO2. The van der Waals surface area contributed by atoms with Crippen LogP contribution in [0.3, 0.4) is 0 Å². The van der Waals surface area contributed by atoms with Gasteiger partial charge in [-0.1, -0.05) is 0 Å². The second kappa shape index (κ2) is 6.31. The number of hydrogen-bond acceptors (Lipinski definition) is 3. The van der Waals surface area contributed by atoms with Crippen LogP contribution < -0.4 is 20.1 Å². The monoisotopic (exact) mass is 338 g/mol. The Hall–Kier alpha value is -2.90. The van der Waals surface area contributed by atoms with Crippen LogP contribution in [0.4, 0.5) is 29.3 Å². The van der Waals surface area contributed by atoms with Crippen LogP contribution in [0.1, 0.15) is 5.56 Å². The van der Waals surface area contributed by atoms with Gasteiger partial charge >= 0.3 is 12.2 Å². The fraction of sp³-hybridized carbons (Fsp3) is 0.188. The maximum absolute atomic E-state index is 12.5. The van der Waals surface area contributed by atoms with Gasteiger partial charge in [0.05, 0.1) is 5.56 Å². The fourth-order valence-electron chi connectivity index (χ4n) is 2.16. The number of fused-ring (bicyclic) bond motifs is 1. The molecule has 1 heterocycles. The fourth-order valence-corrected chi connectivity index (χ4v) is 2.16. The van der Waals surface area contributed by atoms with Gasteiger partial charge < -0.3 is 20.1 Å². The molecule has 126 valence electrons. The Morgan fingerprint density at radius 2 is 1.46 bits per heavy atom. The van der Waals surface area contributed by atoms with Crippen molar-refractivity contribution in [3.05, 3.63) is 48.0 Å². The van der Waals surface area contributed by atoms with E-state index < -0.39 is 17.8 Å². The standard InChI is InChI=1S/C16H13F3N2O3/c17-16(18,19)10-1-3-11(4-2-10)20-15(22)21-12-5-6-13-14(9-12)24-8-7-23-13/h1-6,9H,7-8H2,(H2,20,21,22). The molecule has 8 heteroatoms. The molecule has 24 heavy (non-hydrogen) atoms. The summed E-state index contributed by atoms with van der Waals surface area (Å²) in [5.41, 5.74) is -0.0537. The third kappa shape index (κ3) is 3.70. The quantitative estimate of drug-likeness (QED) is 0.866. The van der Waals surface area contributed by atoms with Crippen LogP contribution in [0.15, 0.2) is 42.5 Å². The summed E-state index contributed by atoms with van der Waals surface area (Å²) in [5, 5.41) is 5.04. The molecule has 0 aromatic heterocycles. The Morgan fingerprint density at radius 1 is 0.875 bits per heavy atom. The van der Waals surface area contributed by atoms with Crippen molar-refractivity contribution in [2.24, 2.45) is 0 Å². The van der Waals surface area contributed by atoms with Gasteiger partial charge in [-0.05, 0) is 36.4 Å². The molecule has 0 radical (unpaired) electrons. The van der Waals surface area contributed by atoms with Crippen molar-refractivity contribution in [3.8, 4) is 11.5 Å². The molecule has 0 bridgehead atoms. The minimum Gasteiger partial charge on any atom is -0.486 e. The molecule has 1 aliphatic rings. The Labute approximate surface area is 135 Å². The highest BCUT2D eigenvalue weighted by atomic mass is 19.4. The summed E-state index contributed by atoms with van der Waals surface area (Å²) in [6, 6.07) is 8.52. The molecule has 0 aliphatic carbocycles. The van der Waals surface area contributed by atoms with Crippen LogP contribution >= 0.6 is 0 Å². The van der Waals surface area contributed by atoms with Crippen molar-refractivity contribution in [1.82, 2.24) is 0 Å². The van der Waals surface area contributed by atoms with E-state index in [-0.39, 0.29) is 5.69 Å². The van der Waals surface area contributed by atoms with Crippen LogP contribution in [0, 0.1) is 0 Å². The third-order valence-electron chi connectivity index (χ3n) is 3.27. The second-order valence-corrected chi connectivity index (χ2v) is 5.01. The van der Waals surface area contributed by atoms with Crippen LogP contribution in [-0.2, 0) is 6.18 Å². The van der Waals surface area contributed by atoms with E-state index >= 15 is 0 Å². The highest BCUT2D eigenvalue weighted by molar-refractivity contribution is 5.99. The first-order valence-corrected chi connectivity index (χ1v) is 7.07. The molecule has 0 saturated carbocycles. The van der Waals surface area contributed by atoms with Crippen molar-refractivity contribution >= 4 is 17.4 Å². The molecule has 0 unspecified atom stereocenters. The van der Waals surface area contributed by atoms with E-state index in [0.29, 0.717) is 30.4 Å². The van der Waals surface area contributed by atoms with Crippen molar-refractivity contribution in [2.45, 2.75) is 6.18 Å². The molecular formula is C16H13F3N2O3. The number of carbonyl (C=O) groups excluding carboxylic acids is 1. The first-order valence-electron chi connectivity index (χ1n) is 7.07. The molecule has 2 amide bonds. The van der Waals surface area contributed by atoms with Crippen molar-refractivity contribution < 1.29 is 27.4 Å². The Balaban J connectivity index is 1.63. The van der Waals surface area contributed by atoms with Gasteiger partial charge in [-0.2, -0.15) is 13.2 Å². The summed E-state index contributed by atoms with van der Waals surface area (Å²) in [6.07, 6.45) is -4.41. The Bertz CT molecular complexity index is 745. The first kappa shape index (κ1) is 16.0. The minimum absolute atomic E-state index is 0.248. The lowest BCUT2D eigenvalue weighted by Crippen LogP contribution is -2.20. The Morgan fingerprint density at radius 3 is 2.12 bits per heavy atom. The summed E-state index contributed by atoms with van der Waals surface area (Å²) in [4.78, 5) is 11.9. The van der Waals surface area contributed by atoms with Gasteiger partial charge in [0.15, 0.2) is 11.5 Å². The number of nitrogens with one attached hydrogen (secondary N) is 2. The summed E-state index contributed by atoms with van der Waals surface area (Å²) < 4.78 is 48.2. The summed E-state index contributed by atoms with van der Waals surface area (Å²) in [7, 11) is 0. The van der Waals surface area contributed by atoms with E-state index in [1.165, 1.54) is 12.1 Å². The summed E-state index contributed by atoms with van der Waals surface area (Å²) in [6.45, 7) is 0.891. The number of urea groups is 1. The van der Waals surface area contributed by atoms with Gasteiger partial charge in [-0.3, -0.25) is 0 Å². The molecule has 3 rings (SSSR count). The third-order valence-corrected chi connectivity index (χ3v) is 3.27. The number of anilines is 2. The van der Waals surface area contributed by atoms with E-state index in [1.54, 1.807) is 18.2 Å². The van der Waals surface area contributed by atoms with Gasteiger partial charge in [-0.25, -0.2) is 4.79 Å². The number of carbonyl (C=O) groups is 1. The first-order chi connectivity index (χ1) is 11.4. The lowest BCUT2D eigenvalue weighted by atomic mass is 10.2. The highest BCUT2D eigenvalue weighted by Gasteiger charge is 2.29. The highest BCUT2D eigenvalue weighted by Crippen LogP contribution is 2.33. The molecule has 5 nitrogen and oxygen atoms in total. The maximum atomic E-state index is 12.5. The molecule has 2 N–H and O–H groups in total. The number of halogens is 3. The predicted octanol–water partition coefficient (Wildman–Crippen LogP) is 4.12. The summed E-state index contributed by atoms with van der Waals surface area (Å²) >= 11 is 0. The van der Waals surface area contributed by atoms with Crippen molar-refractivity contribution in [2.75, 3.05) is 23.8 Å². The van der Waals surface area contributed by atoms with E-state index in [0.717, 1.165) is 12.1 Å². The van der Waals surface area contributed by atoms with Crippen molar-refractivity contribution in [3.63, 3.8) is 0 Å². The van der Waals surface area contributed by atoms with Crippen LogP contribution in [0.25, 0.3) is 0 Å². The topological polar surface area (TPSA) is 59.6 Å². The number of benzene rings is 2. The minimum atomic E-state index is -4.41. The predicted molar refractivity (Wildman–Crippen MR) is 81.5 cm³/mol. The molecule has 0 fully saturated rings. The van der Waals surface area contributed by atoms with Crippen LogP contribution in [-0.4, -0.2) is 19.2 Å². The van der Waals surface area contributed by atoms with Crippen LogP contribution in [0.5, 0.6) is 11.5 Å². The lowest BCUT2D eigenvalue weighted by Gasteiger charge is -2.19. The van der Waals surface area contributed by atoms with Gasteiger partial charge in [0.1, 0.15) is 13.2 Å². The van der Waals surface area contributed by atoms with E-state index in [1.807, 2.05) is 0 Å². The number of alkyl halides is 3. The number of amides is 2. The second-order valence-electron chi connectivity index (χ2n) is 5.01. The zero-order chi connectivity index (χ0) is 17.2. The number of rotatable bonds is 2. The molecule has 1 aliphatic heterocycles. The summed E-state index contributed by atoms with van der Waals surface area (Å²) in [5.74, 6) is 1.11. The molecule has 2 aromatic rings. The molecule has 0 spiro atoms. The van der Waals surface area contributed by atoms with E-state index in [9.17, 15) is 18.0 Å². The van der Waals surface area contributed by atoms with Gasteiger partial charge in [0, 0.05) is 17.4 Å². The largest absolute Gasteiger partial charge is 0.486 e. The van der Waals surface area contributed by atoms with E-state index in [4.69, 9.17) is 9.47 Å². The average Bonchev–Trinajstić information content (AvgIpc) is 2.54. The number of hydrogen-bond donors (Lipinski definition) is 2. The van der Waals surface area contributed by atoms with Gasteiger partial charge in [0.25, 0.3) is 0 Å². The van der Waals surface area contributed by atoms with Crippen LogP contribution in [0.2, 0.25) is 0 Å². The average molecular weight is 338 g/mol. The van der Waals surface area contributed by atoms with E-state index in [2.05, 4.69) is 10.6 Å². The zero-order valence-corrected chi connectivity index (χ0v) is 12.3. The van der Waals surface area contributed by atoms with Gasteiger partial charge in [-0.15, -0.1) is 0 Å². The Kier molecular flexibility index (Phi) is 4.20. The lowest BCUT2D eigenvalue weighted by molar-refractivity contribution is -0.137. The number of ether oxygens (including phenoxy) is 2.